The number of nitrogens with one attached hydrogen (secondary N) is 3. The first kappa shape index (κ1) is 16.2. The number of hydrogen-bond acceptors (Lipinski definition) is 5. The van der Waals surface area contributed by atoms with Gasteiger partial charge in [0.25, 0.3) is 0 Å². The fourth-order valence-electron chi connectivity index (χ4n) is 2.69. The van der Waals surface area contributed by atoms with Gasteiger partial charge in [-0.05, 0) is 36.8 Å². The summed E-state index contributed by atoms with van der Waals surface area (Å²) in [4.78, 5) is 20.6. The van der Waals surface area contributed by atoms with Crippen LogP contribution in [-0.2, 0) is 0 Å². The largest absolute Gasteiger partial charge is 0.338 e. The Balaban J connectivity index is 1.85. The van der Waals surface area contributed by atoms with E-state index in [9.17, 15) is 4.79 Å². The highest BCUT2D eigenvalue weighted by Gasteiger charge is 2.15. The smallest absolute Gasteiger partial charge is 0.321 e. The maximum Gasteiger partial charge on any atom is 0.321 e. The Labute approximate surface area is 153 Å². The third kappa shape index (κ3) is 3.14. The predicted molar refractivity (Wildman–Crippen MR) is 103 cm³/mol. The number of urea groups is 1. The standard InChI is InChI=1S/C18H16N6OS/c1-2-20-17(25)23-18-22-15-9-12(11-4-3-6-19-10-11)8-13(16(15)26-18)14-5-7-21-24-14/h3-10H,2H2,1H3,(H,21,24)(H2,20,22,23,25). The van der Waals surface area contributed by atoms with Gasteiger partial charge in [-0.25, -0.2) is 9.78 Å². The van der Waals surface area contributed by atoms with Gasteiger partial charge in [0, 0.05) is 36.3 Å². The number of H-pyrrole nitrogens is 1. The lowest BCUT2D eigenvalue weighted by molar-refractivity contribution is 0.252. The molecule has 0 aliphatic heterocycles. The topological polar surface area (TPSA) is 95.6 Å². The van der Waals surface area contributed by atoms with Crippen molar-refractivity contribution < 1.29 is 4.79 Å². The summed E-state index contributed by atoms with van der Waals surface area (Å²) >= 11 is 1.43. The monoisotopic (exact) mass is 364 g/mol. The van der Waals surface area contributed by atoms with Gasteiger partial charge >= 0.3 is 6.03 Å². The highest BCUT2D eigenvalue weighted by molar-refractivity contribution is 7.22. The second-order valence-corrected chi connectivity index (χ2v) is 6.58. The molecule has 130 valence electrons. The number of anilines is 1. The van der Waals surface area contributed by atoms with E-state index in [0.29, 0.717) is 11.7 Å². The first-order valence-electron chi connectivity index (χ1n) is 8.14. The third-order valence-electron chi connectivity index (χ3n) is 3.82. The molecule has 0 aliphatic carbocycles. The summed E-state index contributed by atoms with van der Waals surface area (Å²) in [5.41, 5.74) is 4.59. The van der Waals surface area contributed by atoms with E-state index in [4.69, 9.17) is 0 Å². The van der Waals surface area contributed by atoms with Crippen LogP contribution in [0.15, 0.2) is 48.9 Å². The van der Waals surface area contributed by atoms with Crippen molar-refractivity contribution in [1.29, 1.82) is 0 Å². The van der Waals surface area contributed by atoms with E-state index in [-0.39, 0.29) is 6.03 Å². The van der Waals surface area contributed by atoms with Gasteiger partial charge in [-0.3, -0.25) is 15.4 Å². The van der Waals surface area contributed by atoms with Crippen LogP contribution < -0.4 is 10.6 Å². The van der Waals surface area contributed by atoms with Crippen LogP contribution in [0.4, 0.5) is 9.93 Å². The van der Waals surface area contributed by atoms with Crippen molar-refractivity contribution in [3.05, 3.63) is 48.9 Å². The molecule has 7 nitrogen and oxygen atoms in total. The highest BCUT2D eigenvalue weighted by atomic mass is 32.1. The Bertz CT molecular complexity index is 1040. The summed E-state index contributed by atoms with van der Waals surface area (Å²) in [6.07, 6.45) is 5.34. The van der Waals surface area contributed by atoms with Gasteiger partial charge in [0.15, 0.2) is 5.13 Å². The van der Waals surface area contributed by atoms with E-state index >= 15 is 0 Å². The van der Waals surface area contributed by atoms with E-state index in [0.717, 1.165) is 32.6 Å². The minimum Gasteiger partial charge on any atom is -0.338 e. The molecule has 0 unspecified atom stereocenters. The maximum atomic E-state index is 11.8. The Morgan fingerprint density at radius 2 is 2.19 bits per heavy atom. The number of carbonyl (C=O) groups is 1. The molecule has 0 aliphatic rings. The molecule has 3 heterocycles. The van der Waals surface area contributed by atoms with Crippen LogP contribution >= 0.6 is 11.3 Å². The molecule has 1 aromatic carbocycles. The lowest BCUT2D eigenvalue weighted by Crippen LogP contribution is -2.28. The Kier molecular flexibility index (Phi) is 4.32. The van der Waals surface area contributed by atoms with Crippen LogP contribution in [0.1, 0.15) is 6.92 Å². The maximum absolute atomic E-state index is 11.8. The van der Waals surface area contributed by atoms with E-state index in [2.05, 4.69) is 36.9 Å². The highest BCUT2D eigenvalue weighted by Crippen LogP contribution is 2.37. The first-order chi connectivity index (χ1) is 12.7. The van der Waals surface area contributed by atoms with Crippen LogP contribution in [0.2, 0.25) is 0 Å². The molecule has 0 spiro atoms. The fraction of sp³-hybridized carbons (Fsp3) is 0.111. The summed E-state index contributed by atoms with van der Waals surface area (Å²) in [7, 11) is 0. The molecule has 0 bridgehead atoms. The summed E-state index contributed by atoms with van der Waals surface area (Å²) in [5, 5.41) is 13.2. The molecule has 3 N–H and O–H groups in total. The molecular formula is C18H16N6OS. The number of fused-ring (bicyclic) bond motifs is 1. The van der Waals surface area contributed by atoms with Crippen molar-refractivity contribution in [2.75, 3.05) is 11.9 Å². The lowest BCUT2D eigenvalue weighted by atomic mass is 10.0. The number of pyridine rings is 1. The zero-order valence-electron chi connectivity index (χ0n) is 14.0. The predicted octanol–water partition coefficient (Wildman–Crippen LogP) is 3.89. The van der Waals surface area contributed by atoms with E-state index in [1.807, 2.05) is 37.4 Å². The van der Waals surface area contributed by atoms with Gasteiger partial charge in [-0.15, -0.1) is 0 Å². The molecule has 4 aromatic rings. The number of benzene rings is 1. The van der Waals surface area contributed by atoms with Crippen molar-refractivity contribution in [2.24, 2.45) is 0 Å². The van der Waals surface area contributed by atoms with E-state index in [1.54, 1.807) is 12.4 Å². The zero-order chi connectivity index (χ0) is 17.9. The minimum atomic E-state index is -0.264. The average Bonchev–Trinajstić information content (AvgIpc) is 3.31. The van der Waals surface area contributed by atoms with Gasteiger partial charge in [0.1, 0.15) is 0 Å². The van der Waals surface area contributed by atoms with Crippen LogP contribution in [0.25, 0.3) is 32.6 Å². The molecule has 0 radical (unpaired) electrons. The number of nitrogens with zero attached hydrogens (tertiary/aromatic N) is 3. The van der Waals surface area contributed by atoms with E-state index < -0.39 is 0 Å². The second-order valence-electron chi connectivity index (χ2n) is 5.58. The minimum absolute atomic E-state index is 0.264. The van der Waals surface area contributed by atoms with E-state index in [1.165, 1.54) is 11.3 Å². The van der Waals surface area contributed by atoms with Crippen molar-refractivity contribution in [3.8, 4) is 22.4 Å². The fourth-order valence-corrected chi connectivity index (χ4v) is 3.65. The van der Waals surface area contributed by atoms with Gasteiger partial charge in [0.2, 0.25) is 0 Å². The van der Waals surface area contributed by atoms with Crippen LogP contribution in [0.3, 0.4) is 0 Å². The third-order valence-corrected chi connectivity index (χ3v) is 4.84. The SMILES string of the molecule is CCNC(=O)Nc1nc2cc(-c3cccnc3)cc(-c3cc[nH]n3)c2s1. The Morgan fingerprint density at radius 3 is 2.92 bits per heavy atom. The number of rotatable bonds is 4. The molecule has 4 rings (SSSR count). The van der Waals surface area contributed by atoms with Gasteiger partial charge in [0.05, 0.1) is 15.9 Å². The second kappa shape index (κ2) is 6.93. The Hall–Kier alpha value is -3.26. The average molecular weight is 364 g/mol. The van der Waals surface area contributed by atoms with Crippen LogP contribution in [0, 0.1) is 0 Å². The quantitative estimate of drug-likeness (QED) is 0.512. The van der Waals surface area contributed by atoms with Crippen molar-refractivity contribution in [3.63, 3.8) is 0 Å². The number of aromatic amines is 1. The number of carbonyl (C=O) groups excluding carboxylic acids is 1. The first-order valence-corrected chi connectivity index (χ1v) is 8.96. The molecule has 3 aromatic heterocycles. The van der Waals surface area contributed by atoms with Crippen molar-refractivity contribution in [1.82, 2.24) is 25.5 Å². The molecule has 26 heavy (non-hydrogen) atoms. The molecule has 0 saturated heterocycles. The van der Waals surface area contributed by atoms with Gasteiger partial charge in [-0.1, -0.05) is 17.4 Å². The summed E-state index contributed by atoms with van der Waals surface area (Å²) in [6, 6.07) is 9.63. The molecule has 2 amide bonds. The summed E-state index contributed by atoms with van der Waals surface area (Å²) < 4.78 is 0.969. The molecule has 0 saturated carbocycles. The zero-order valence-corrected chi connectivity index (χ0v) is 14.8. The van der Waals surface area contributed by atoms with Gasteiger partial charge < -0.3 is 5.32 Å². The van der Waals surface area contributed by atoms with Crippen molar-refractivity contribution in [2.45, 2.75) is 6.92 Å². The molecule has 0 atom stereocenters. The summed E-state index contributed by atoms with van der Waals surface area (Å²) in [5.74, 6) is 0. The number of aromatic nitrogens is 4. The molecule has 8 heteroatoms. The number of hydrogen-bond donors (Lipinski definition) is 3. The lowest BCUT2D eigenvalue weighted by Gasteiger charge is -2.05. The van der Waals surface area contributed by atoms with Crippen LogP contribution in [0.5, 0.6) is 0 Å². The number of amides is 2. The van der Waals surface area contributed by atoms with Crippen LogP contribution in [-0.4, -0.2) is 32.7 Å². The number of thiazole rings is 1. The molecule has 0 fully saturated rings. The van der Waals surface area contributed by atoms with Gasteiger partial charge in [-0.2, -0.15) is 5.10 Å². The normalized spacial score (nSPS) is 10.8. The summed E-state index contributed by atoms with van der Waals surface area (Å²) in [6.45, 7) is 2.42. The van der Waals surface area contributed by atoms with Crippen molar-refractivity contribution >= 4 is 32.7 Å². The Morgan fingerprint density at radius 1 is 1.27 bits per heavy atom. The molecular weight excluding hydrogens is 348 g/mol.